The number of anilines is 1. The summed E-state index contributed by atoms with van der Waals surface area (Å²) in [6, 6.07) is 11.9. The summed E-state index contributed by atoms with van der Waals surface area (Å²) in [6.45, 7) is 1.93. The molecule has 0 aliphatic heterocycles. The van der Waals surface area contributed by atoms with Crippen LogP contribution in [0.2, 0.25) is 0 Å². The van der Waals surface area contributed by atoms with Gasteiger partial charge in [0.1, 0.15) is 0 Å². The molecule has 0 unspecified atom stereocenters. The van der Waals surface area contributed by atoms with E-state index in [1.165, 1.54) is 0 Å². The Morgan fingerprint density at radius 2 is 1.94 bits per heavy atom. The molecule has 90 valence electrons. The van der Waals surface area contributed by atoms with Gasteiger partial charge in [0.2, 0.25) is 0 Å². The van der Waals surface area contributed by atoms with Crippen molar-refractivity contribution in [2.45, 2.75) is 6.92 Å². The van der Waals surface area contributed by atoms with Gasteiger partial charge in [0.15, 0.2) is 0 Å². The highest BCUT2D eigenvalue weighted by Crippen LogP contribution is 2.20. The van der Waals surface area contributed by atoms with E-state index < -0.39 is 0 Å². The Kier molecular flexibility index (Phi) is 2.42. The highest BCUT2D eigenvalue weighted by atomic mass is 15.4. The summed E-state index contributed by atoms with van der Waals surface area (Å²) in [7, 11) is 0. The standard InChI is InChI=1S/C12H12N6/c1-8-7-10(9-5-3-2-4-6-9)18-12(14-8)15-11(16-13)17-18/h2-7H,13H2,1H3,(H,16,17). The van der Waals surface area contributed by atoms with Crippen LogP contribution in [0.4, 0.5) is 5.95 Å². The third kappa shape index (κ3) is 1.68. The molecule has 0 bridgehead atoms. The number of hydrazine groups is 1. The van der Waals surface area contributed by atoms with E-state index in [0.29, 0.717) is 11.7 Å². The van der Waals surface area contributed by atoms with Crippen molar-refractivity contribution in [2.24, 2.45) is 5.84 Å². The van der Waals surface area contributed by atoms with E-state index in [4.69, 9.17) is 5.84 Å². The summed E-state index contributed by atoms with van der Waals surface area (Å²) in [5.74, 6) is 6.21. The predicted molar refractivity (Wildman–Crippen MR) is 68.8 cm³/mol. The Morgan fingerprint density at radius 3 is 2.67 bits per heavy atom. The minimum atomic E-state index is 0.352. The Morgan fingerprint density at radius 1 is 1.17 bits per heavy atom. The molecule has 0 aliphatic rings. The monoisotopic (exact) mass is 240 g/mol. The number of aromatic nitrogens is 4. The van der Waals surface area contributed by atoms with Crippen LogP contribution in [0.1, 0.15) is 5.69 Å². The number of rotatable bonds is 2. The van der Waals surface area contributed by atoms with Crippen molar-refractivity contribution in [1.29, 1.82) is 0 Å². The quantitative estimate of drug-likeness (QED) is 0.522. The van der Waals surface area contributed by atoms with Gasteiger partial charge in [0.25, 0.3) is 11.7 Å². The molecule has 0 saturated carbocycles. The Bertz CT molecular complexity index is 688. The maximum atomic E-state index is 5.32. The van der Waals surface area contributed by atoms with E-state index in [-0.39, 0.29) is 0 Å². The number of fused-ring (bicyclic) bond motifs is 1. The zero-order valence-corrected chi connectivity index (χ0v) is 9.83. The van der Waals surface area contributed by atoms with Crippen molar-refractivity contribution in [1.82, 2.24) is 19.6 Å². The molecule has 0 atom stereocenters. The summed E-state index contributed by atoms with van der Waals surface area (Å²) in [4.78, 5) is 8.51. The summed E-state index contributed by atoms with van der Waals surface area (Å²) in [5, 5.41) is 4.26. The van der Waals surface area contributed by atoms with Gasteiger partial charge in [0.05, 0.1) is 5.69 Å². The van der Waals surface area contributed by atoms with Crippen molar-refractivity contribution in [2.75, 3.05) is 5.43 Å². The van der Waals surface area contributed by atoms with Crippen molar-refractivity contribution >= 4 is 11.7 Å². The van der Waals surface area contributed by atoms with Crippen molar-refractivity contribution in [3.8, 4) is 11.3 Å². The molecule has 0 saturated heterocycles. The van der Waals surface area contributed by atoms with E-state index in [9.17, 15) is 0 Å². The Balaban J connectivity index is 2.30. The van der Waals surface area contributed by atoms with Crippen molar-refractivity contribution in [3.05, 3.63) is 42.1 Å². The number of nitrogen functional groups attached to an aromatic ring is 1. The first kappa shape index (κ1) is 10.7. The molecule has 0 radical (unpaired) electrons. The molecule has 2 aromatic heterocycles. The molecule has 0 spiro atoms. The highest BCUT2D eigenvalue weighted by Gasteiger charge is 2.10. The fraction of sp³-hybridized carbons (Fsp3) is 0.0833. The van der Waals surface area contributed by atoms with Crippen LogP contribution in [0.5, 0.6) is 0 Å². The number of hydrogen-bond donors (Lipinski definition) is 2. The third-order valence-corrected chi connectivity index (χ3v) is 2.64. The number of benzene rings is 1. The fourth-order valence-electron chi connectivity index (χ4n) is 1.86. The van der Waals surface area contributed by atoms with Gasteiger partial charge in [-0.15, -0.1) is 5.10 Å². The average molecular weight is 240 g/mol. The number of hydrogen-bond acceptors (Lipinski definition) is 5. The molecule has 0 fully saturated rings. The molecule has 3 aromatic rings. The van der Waals surface area contributed by atoms with Crippen molar-refractivity contribution in [3.63, 3.8) is 0 Å². The first-order valence-electron chi connectivity index (χ1n) is 5.54. The summed E-state index contributed by atoms with van der Waals surface area (Å²) in [5.41, 5.74) is 5.31. The van der Waals surface area contributed by atoms with E-state index in [0.717, 1.165) is 17.0 Å². The van der Waals surface area contributed by atoms with Gasteiger partial charge < -0.3 is 0 Å². The minimum absolute atomic E-state index is 0.352. The molecule has 3 N–H and O–H groups in total. The molecule has 18 heavy (non-hydrogen) atoms. The second kappa shape index (κ2) is 4.08. The topological polar surface area (TPSA) is 81.1 Å². The van der Waals surface area contributed by atoms with Gasteiger partial charge in [-0.1, -0.05) is 30.3 Å². The summed E-state index contributed by atoms with van der Waals surface area (Å²) >= 11 is 0. The smallest absolute Gasteiger partial charge is 0.258 e. The van der Waals surface area contributed by atoms with E-state index in [1.807, 2.05) is 43.3 Å². The molecule has 1 aromatic carbocycles. The van der Waals surface area contributed by atoms with Gasteiger partial charge >= 0.3 is 0 Å². The van der Waals surface area contributed by atoms with Crippen LogP contribution < -0.4 is 11.3 Å². The summed E-state index contributed by atoms with van der Waals surface area (Å²) < 4.78 is 1.68. The second-order valence-corrected chi connectivity index (χ2v) is 3.94. The zero-order valence-electron chi connectivity index (χ0n) is 9.83. The largest absolute Gasteiger partial charge is 0.291 e. The SMILES string of the molecule is Cc1cc(-c2ccccc2)n2nc(NN)nc2n1. The molecular weight excluding hydrogens is 228 g/mol. The van der Waals surface area contributed by atoms with Crippen molar-refractivity contribution < 1.29 is 0 Å². The summed E-state index contributed by atoms with van der Waals surface area (Å²) in [6.07, 6.45) is 0. The van der Waals surface area contributed by atoms with E-state index in [1.54, 1.807) is 4.52 Å². The van der Waals surface area contributed by atoms with E-state index >= 15 is 0 Å². The lowest BCUT2D eigenvalue weighted by Gasteiger charge is -2.04. The lowest BCUT2D eigenvalue weighted by molar-refractivity contribution is 0.936. The lowest BCUT2D eigenvalue weighted by atomic mass is 10.1. The van der Waals surface area contributed by atoms with Crippen LogP contribution in [0.25, 0.3) is 17.0 Å². The van der Waals surface area contributed by atoms with E-state index in [2.05, 4.69) is 20.5 Å². The molecule has 0 amide bonds. The zero-order chi connectivity index (χ0) is 12.5. The Labute approximate surface area is 103 Å². The lowest BCUT2D eigenvalue weighted by Crippen LogP contribution is -2.08. The number of aryl methyl sites for hydroxylation is 1. The molecule has 6 heteroatoms. The van der Waals surface area contributed by atoms with Crippen LogP contribution in [-0.2, 0) is 0 Å². The van der Waals surface area contributed by atoms with Gasteiger partial charge in [0, 0.05) is 11.3 Å². The predicted octanol–water partition coefficient (Wildman–Crippen LogP) is 1.39. The first-order valence-corrected chi connectivity index (χ1v) is 5.54. The second-order valence-electron chi connectivity index (χ2n) is 3.94. The number of nitrogens with zero attached hydrogens (tertiary/aromatic N) is 4. The first-order chi connectivity index (χ1) is 8.78. The average Bonchev–Trinajstić information content (AvgIpc) is 2.81. The van der Waals surface area contributed by atoms with Crippen LogP contribution in [0.15, 0.2) is 36.4 Å². The molecule has 2 heterocycles. The molecule has 3 rings (SSSR count). The van der Waals surface area contributed by atoms with Crippen LogP contribution in [0, 0.1) is 6.92 Å². The molecule has 0 aliphatic carbocycles. The van der Waals surface area contributed by atoms with Gasteiger partial charge in [-0.3, -0.25) is 5.43 Å². The minimum Gasteiger partial charge on any atom is -0.291 e. The van der Waals surface area contributed by atoms with Crippen LogP contribution >= 0.6 is 0 Å². The van der Waals surface area contributed by atoms with Gasteiger partial charge in [-0.05, 0) is 13.0 Å². The molecule has 6 nitrogen and oxygen atoms in total. The van der Waals surface area contributed by atoms with Crippen LogP contribution in [0.3, 0.4) is 0 Å². The van der Waals surface area contributed by atoms with Gasteiger partial charge in [-0.2, -0.15) is 9.50 Å². The highest BCUT2D eigenvalue weighted by molar-refractivity contribution is 5.62. The normalized spacial score (nSPS) is 10.8. The van der Waals surface area contributed by atoms with Crippen LogP contribution in [-0.4, -0.2) is 19.6 Å². The fourth-order valence-corrected chi connectivity index (χ4v) is 1.86. The number of nitrogens with two attached hydrogens (primary N) is 1. The molecular formula is C12H12N6. The van der Waals surface area contributed by atoms with Gasteiger partial charge in [-0.25, -0.2) is 10.8 Å². The Hall–Kier alpha value is -2.47. The maximum absolute atomic E-state index is 5.32. The third-order valence-electron chi connectivity index (χ3n) is 2.64. The number of nitrogens with one attached hydrogen (secondary N) is 1. The maximum Gasteiger partial charge on any atom is 0.258 e.